The Hall–Kier alpha value is -3.10. The first-order chi connectivity index (χ1) is 15.1. The fourth-order valence-electron chi connectivity index (χ4n) is 3.33. The third-order valence-corrected chi connectivity index (χ3v) is 6.77. The largest absolute Gasteiger partial charge is 0.481 e. The van der Waals surface area contributed by atoms with Crippen molar-refractivity contribution in [1.29, 1.82) is 0 Å². The molecule has 0 radical (unpaired) electrons. The highest BCUT2D eigenvalue weighted by molar-refractivity contribution is 7.92. The third-order valence-electron chi connectivity index (χ3n) is 5.08. The Morgan fingerprint density at radius 3 is 2.44 bits per heavy atom. The van der Waals surface area contributed by atoms with Gasteiger partial charge in [-0.25, -0.2) is 17.9 Å². The summed E-state index contributed by atoms with van der Waals surface area (Å²) in [7, 11) is -2.31. The lowest BCUT2D eigenvalue weighted by Crippen LogP contribution is -2.16. The van der Waals surface area contributed by atoms with Crippen LogP contribution in [0.4, 0.5) is 5.82 Å². The lowest BCUT2D eigenvalue weighted by molar-refractivity contribution is 0.399. The van der Waals surface area contributed by atoms with Gasteiger partial charge in [-0.1, -0.05) is 44.5 Å². The number of halogens is 1. The molecule has 0 saturated carbocycles. The monoisotopic (exact) mass is 470 g/mol. The molecule has 9 heteroatoms. The van der Waals surface area contributed by atoms with E-state index in [9.17, 15) is 8.42 Å². The van der Waals surface area contributed by atoms with Gasteiger partial charge in [0, 0.05) is 6.20 Å². The molecule has 3 aromatic heterocycles. The van der Waals surface area contributed by atoms with Gasteiger partial charge in [0.2, 0.25) is 5.88 Å². The van der Waals surface area contributed by atoms with E-state index in [0.29, 0.717) is 27.7 Å². The zero-order chi connectivity index (χ0) is 23.1. The Morgan fingerprint density at radius 1 is 1.06 bits per heavy atom. The van der Waals surface area contributed by atoms with E-state index < -0.39 is 10.0 Å². The van der Waals surface area contributed by atoms with Crippen LogP contribution in [-0.2, 0) is 15.4 Å². The van der Waals surface area contributed by atoms with Crippen molar-refractivity contribution < 1.29 is 13.2 Å². The zero-order valence-corrected chi connectivity index (χ0v) is 19.7. The molecule has 0 bridgehead atoms. The van der Waals surface area contributed by atoms with Gasteiger partial charge in [0.25, 0.3) is 10.0 Å². The van der Waals surface area contributed by atoms with Crippen LogP contribution in [0.1, 0.15) is 26.3 Å². The molecule has 0 aliphatic rings. The summed E-state index contributed by atoms with van der Waals surface area (Å²) in [6.45, 7) is 6.23. The van der Waals surface area contributed by atoms with E-state index >= 15 is 0 Å². The van der Waals surface area contributed by atoms with Gasteiger partial charge in [0.1, 0.15) is 5.82 Å². The normalized spacial score (nSPS) is 12.2. The molecular formula is C23H23ClN4O3S. The summed E-state index contributed by atoms with van der Waals surface area (Å²) in [4.78, 5) is 4.36. The number of aromatic nitrogens is 3. The van der Waals surface area contributed by atoms with Crippen LogP contribution in [0.15, 0.2) is 65.7 Å². The standard InChI is InChI=1S/C23H23ClN4O3S/c1-23(2,3)15-7-9-16(10-8-15)32(29,30)27-21-12-11-18(24)20-14-19(26-28(20)21)17-6-5-13-25-22(17)31-4/h5-14,27H,1-4H3. The topological polar surface area (TPSA) is 85.6 Å². The Kier molecular flexibility index (Phi) is 5.60. The molecule has 0 unspecified atom stereocenters. The van der Waals surface area contributed by atoms with Gasteiger partial charge in [-0.2, -0.15) is 5.10 Å². The summed E-state index contributed by atoms with van der Waals surface area (Å²) < 4.78 is 35.5. The Labute approximate surface area is 192 Å². The number of ether oxygens (including phenoxy) is 1. The van der Waals surface area contributed by atoms with Crippen molar-refractivity contribution in [2.75, 3.05) is 11.8 Å². The molecule has 4 aromatic rings. The molecule has 1 N–H and O–H groups in total. The van der Waals surface area contributed by atoms with E-state index in [1.165, 1.54) is 11.6 Å². The molecule has 0 fully saturated rings. The number of anilines is 1. The SMILES string of the molecule is COc1ncccc1-c1cc2c(Cl)ccc(NS(=O)(=O)c3ccc(C(C)(C)C)cc3)n2n1. The number of benzene rings is 1. The van der Waals surface area contributed by atoms with E-state index in [2.05, 4.69) is 35.6 Å². The maximum Gasteiger partial charge on any atom is 0.263 e. The van der Waals surface area contributed by atoms with Gasteiger partial charge >= 0.3 is 0 Å². The van der Waals surface area contributed by atoms with Crippen molar-refractivity contribution in [2.24, 2.45) is 0 Å². The number of methoxy groups -OCH3 is 1. The summed E-state index contributed by atoms with van der Waals surface area (Å²) in [6, 6.07) is 15.4. The predicted octanol–water partition coefficient (Wildman–Crippen LogP) is 5.16. The molecule has 0 atom stereocenters. The average Bonchev–Trinajstić information content (AvgIpc) is 3.22. The fraction of sp³-hybridized carbons (Fsp3) is 0.217. The highest BCUT2D eigenvalue weighted by atomic mass is 35.5. The molecule has 166 valence electrons. The second-order valence-corrected chi connectivity index (χ2v) is 10.4. The number of nitrogens with zero attached hydrogens (tertiary/aromatic N) is 3. The van der Waals surface area contributed by atoms with Crippen molar-refractivity contribution in [3.63, 3.8) is 0 Å². The summed E-state index contributed by atoms with van der Waals surface area (Å²) in [5, 5.41) is 5.00. The van der Waals surface area contributed by atoms with Crippen LogP contribution in [0.25, 0.3) is 16.8 Å². The van der Waals surface area contributed by atoms with Crippen LogP contribution in [0, 0.1) is 0 Å². The Balaban J connectivity index is 1.75. The van der Waals surface area contributed by atoms with Crippen LogP contribution in [0.3, 0.4) is 0 Å². The minimum atomic E-state index is -3.84. The fourth-order valence-corrected chi connectivity index (χ4v) is 4.57. The maximum absolute atomic E-state index is 13.1. The number of fused-ring (bicyclic) bond motifs is 1. The van der Waals surface area contributed by atoms with Gasteiger partial charge in [0.05, 0.1) is 33.8 Å². The molecule has 0 spiro atoms. The zero-order valence-electron chi connectivity index (χ0n) is 18.1. The molecule has 1 aromatic carbocycles. The summed E-state index contributed by atoms with van der Waals surface area (Å²) >= 11 is 6.37. The lowest BCUT2D eigenvalue weighted by Gasteiger charge is -2.19. The van der Waals surface area contributed by atoms with E-state index in [1.54, 1.807) is 42.6 Å². The van der Waals surface area contributed by atoms with E-state index in [-0.39, 0.29) is 16.1 Å². The van der Waals surface area contributed by atoms with Crippen molar-refractivity contribution in [2.45, 2.75) is 31.1 Å². The summed E-state index contributed by atoms with van der Waals surface area (Å²) in [5.41, 5.74) is 2.75. The van der Waals surface area contributed by atoms with Crippen molar-refractivity contribution in [3.05, 3.63) is 71.4 Å². The van der Waals surface area contributed by atoms with Crippen molar-refractivity contribution >= 4 is 33.0 Å². The smallest absolute Gasteiger partial charge is 0.263 e. The first-order valence-electron chi connectivity index (χ1n) is 9.91. The maximum atomic E-state index is 13.1. The molecule has 0 aliphatic carbocycles. The minimum absolute atomic E-state index is 0.0725. The number of rotatable bonds is 5. The molecule has 0 amide bonds. The molecular weight excluding hydrogens is 448 g/mol. The minimum Gasteiger partial charge on any atom is -0.481 e. The second-order valence-electron chi connectivity index (χ2n) is 8.33. The van der Waals surface area contributed by atoms with Crippen LogP contribution in [0.5, 0.6) is 5.88 Å². The predicted molar refractivity (Wildman–Crippen MR) is 126 cm³/mol. The van der Waals surface area contributed by atoms with E-state index in [0.717, 1.165) is 5.56 Å². The number of pyridine rings is 2. The number of hydrogen-bond donors (Lipinski definition) is 1. The van der Waals surface area contributed by atoms with E-state index in [1.807, 2.05) is 18.2 Å². The molecule has 0 saturated heterocycles. The van der Waals surface area contributed by atoms with Crippen molar-refractivity contribution in [3.8, 4) is 17.1 Å². The highest BCUT2D eigenvalue weighted by Crippen LogP contribution is 2.32. The number of hydrogen-bond acceptors (Lipinski definition) is 5. The average molecular weight is 471 g/mol. The molecule has 4 rings (SSSR count). The summed E-state index contributed by atoms with van der Waals surface area (Å²) in [5.74, 6) is 0.673. The molecule has 7 nitrogen and oxygen atoms in total. The van der Waals surface area contributed by atoms with Gasteiger partial charge in [-0.05, 0) is 53.4 Å². The number of sulfonamides is 1. The quantitative estimate of drug-likeness (QED) is 0.435. The van der Waals surface area contributed by atoms with Crippen LogP contribution in [0.2, 0.25) is 5.02 Å². The van der Waals surface area contributed by atoms with Crippen molar-refractivity contribution in [1.82, 2.24) is 14.6 Å². The molecule has 3 heterocycles. The second kappa shape index (κ2) is 8.11. The van der Waals surface area contributed by atoms with E-state index in [4.69, 9.17) is 16.3 Å². The van der Waals surface area contributed by atoms with Crippen LogP contribution < -0.4 is 9.46 Å². The van der Waals surface area contributed by atoms with Crippen LogP contribution >= 0.6 is 11.6 Å². The number of nitrogens with one attached hydrogen (secondary N) is 1. The van der Waals surface area contributed by atoms with Gasteiger partial charge < -0.3 is 4.74 Å². The van der Waals surface area contributed by atoms with Crippen LogP contribution in [-0.4, -0.2) is 30.1 Å². The Bertz CT molecular complexity index is 1390. The molecule has 32 heavy (non-hydrogen) atoms. The Morgan fingerprint density at radius 2 is 1.78 bits per heavy atom. The first-order valence-corrected chi connectivity index (χ1v) is 11.8. The first kappa shape index (κ1) is 22.1. The van der Waals surface area contributed by atoms with Gasteiger partial charge in [0.15, 0.2) is 0 Å². The van der Waals surface area contributed by atoms with Gasteiger partial charge in [-0.3, -0.25) is 4.72 Å². The summed E-state index contributed by atoms with van der Waals surface area (Å²) in [6.07, 6.45) is 1.62. The highest BCUT2D eigenvalue weighted by Gasteiger charge is 2.20. The third kappa shape index (κ3) is 4.16. The van der Waals surface area contributed by atoms with Gasteiger partial charge in [-0.15, -0.1) is 0 Å². The molecule has 0 aliphatic heterocycles. The lowest BCUT2D eigenvalue weighted by atomic mass is 9.87.